The first-order valence-electron chi connectivity index (χ1n) is 7.49. The van der Waals surface area contributed by atoms with Gasteiger partial charge in [0.05, 0.1) is 0 Å². The van der Waals surface area contributed by atoms with E-state index in [4.69, 9.17) is 0 Å². The number of benzene rings is 2. The Kier molecular flexibility index (Phi) is 5.82. The highest BCUT2D eigenvalue weighted by molar-refractivity contribution is 5.50. The second kappa shape index (κ2) is 7.83. The Balaban J connectivity index is 2.02. The van der Waals surface area contributed by atoms with Crippen LogP contribution in [0.1, 0.15) is 36.5 Å². The summed E-state index contributed by atoms with van der Waals surface area (Å²) in [7, 11) is 0. The van der Waals surface area contributed by atoms with Crippen molar-refractivity contribution in [1.29, 1.82) is 0 Å². The third-order valence-corrected chi connectivity index (χ3v) is 3.51. The molecule has 2 aromatic carbocycles. The minimum atomic E-state index is -0.866. The first-order chi connectivity index (χ1) is 10.6. The number of halogens is 3. The third kappa shape index (κ3) is 4.48. The summed E-state index contributed by atoms with van der Waals surface area (Å²) in [6, 6.07) is 8.92. The number of hydrogen-bond acceptors (Lipinski definition) is 0. The van der Waals surface area contributed by atoms with Crippen molar-refractivity contribution in [3.8, 4) is 0 Å². The molecule has 2 aromatic rings. The van der Waals surface area contributed by atoms with Gasteiger partial charge in [0.2, 0.25) is 0 Å². The Bertz CT molecular complexity index is 660. The fourth-order valence-corrected chi connectivity index (χ4v) is 2.23. The van der Waals surface area contributed by atoms with Crippen LogP contribution in [0.2, 0.25) is 0 Å². The summed E-state index contributed by atoms with van der Waals surface area (Å²) in [5, 5.41) is 0. The second-order valence-electron chi connectivity index (χ2n) is 5.29. The number of unbranched alkanes of at least 4 members (excludes halogenated alkanes) is 1. The molecule has 0 radical (unpaired) electrons. The van der Waals surface area contributed by atoms with Crippen LogP contribution in [0.25, 0.3) is 6.08 Å². The standard InChI is InChI=1S/C19H19F3/c1-2-3-4-5-14-6-9-16(18(21)12-14)10-7-15-8-11-17(20)19(22)13-15/h4-6,8-9,11-13H,2-3,7,10H2,1H3. The van der Waals surface area contributed by atoms with Gasteiger partial charge in [-0.05, 0) is 54.2 Å². The van der Waals surface area contributed by atoms with Crippen molar-refractivity contribution in [1.82, 2.24) is 0 Å². The summed E-state index contributed by atoms with van der Waals surface area (Å²) >= 11 is 0. The Morgan fingerprint density at radius 2 is 1.68 bits per heavy atom. The van der Waals surface area contributed by atoms with Gasteiger partial charge in [0, 0.05) is 0 Å². The first-order valence-corrected chi connectivity index (χ1v) is 7.49. The summed E-state index contributed by atoms with van der Waals surface area (Å²) in [5.74, 6) is -1.99. The van der Waals surface area contributed by atoms with Gasteiger partial charge in [-0.15, -0.1) is 0 Å². The van der Waals surface area contributed by atoms with Crippen LogP contribution < -0.4 is 0 Å². The van der Waals surface area contributed by atoms with Gasteiger partial charge in [0.1, 0.15) is 5.82 Å². The van der Waals surface area contributed by atoms with Gasteiger partial charge >= 0.3 is 0 Å². The SMILES string of the molecule is CCCC=Cc1ccc(CCc2ccc(F)c(F)c2)c(F)c1. The highest BCUT2D eigenvalue weighted by Crippen LogP contribution is 2.16. The van der Waals surface area contributed by atoms with Gasteiger partial charge in [-0.25, -0.2) is 13.2 Å². The van der Waals surface area contributed by atoms with Crippen molar-refractivity contribution < 1.29 is 13.2 Å². The van der Waals surface area contributed by atoms with E-state index < -0.39 is 11.6 Å². The topological polar surface area (TPSA) is 0 Å². The van der Waals surface area contributed by atoms with Crippen molar-refractivity contribution in [2.75, 3.05) is 0 Å². The molecule has 0 bridgehead atoms. The summed E-state index contributed by atoms with van der Waals surface area (Å²) < 4.78 is 40.0. The maximum atomic E-state index is 14.0. The first kappa shape index (κ1) is 16.3. The zero-order valence-corrected chi connectivity index (χ0v) is 12.6. The molecule has 0 aliphatic rings. The molecule has 0 heterocycles. The van der Waals surface area contributed by atoms with Crippen LogP contribution in [0, 0.1) is 17.5 Å². The van der Waals surface area contributed by atoms with Crippen LogP contribution in [0.4, 0.5) is 13.2 Å². The monoisotopic (exact) mass is 304 g/mol. The maximum Gasteiger partial charge on any atom is 0.159 e. The highest BCUT2D eigenvalue weighted by Gasteiger charge is 2.06. The molecule has 0 saturated carbocycles. The molecule has 0 nitrogen and oxygen atoms in total. The van der Waals surface area contributed by atoms with E-state index in [0.717, 1.165) is 30.5 Å². The lowest BCUT2D eigenvalue weighted by Crippen LogP contribution is -1.97. The fraction of sp³-hybridized carbons (Fsp3) is 0.263. The van der Waals surface area contributed by atoms with E-state index in [0.29, 0.717) is 24.0 Å². The molecule has 0 saturated heterocycles. The molecule has 0 aliphatic carbocycles. The molecular formula is C19H19F3. The predicted octanol–water partition coefficient (Wildman–Crippen LogP) is 5.70. The number of allylic oxidation sites excluding steroid dienone is 1. The lowest BCUT2D eigenvalue weighted by atomic mass is 10.0. The summed E-state index contributed by atoms with van der Waals surface area (Å²) in [6.45, 7) is 2.09. The van der Waals surface area contributed by atoms with E-state index in [1.54, 1.807) is 6.07 Å². The third-order valence-electron chi connectivity index (χ3n) is 3.51. The lowest BCUT2D eigenvalue weighted by molar-refractivity contribution is 0.507. The zero-order chi connectivity index (χ0) is 15.9. The quantitative estimate of drug-likeness (QED) is 0.642. The number of aryl methyl sites for hydroxylation is 2. The molecule has 0 aliphatic heterocycles. The predicted molar refractivity (Wildman–Crippen MR) is 84.1 cm³/mol. The summed E-state index contributed by atoms with van der Waals surface area (Å²) in [4.78, 5) is 0. The normalized spacial score (nSPS) is 11.3. The summed E-state index contributed by atoms with van der Waals surface area (Å²) in [5.41, 5.74) is 2.07. The van der Waals surface area contributed by atoms with E-state index >= 15 is 0 Å². The molecule has 0 unspecified atom stereocenters. The van der Waals surface area contributed by atoms with Crippen molar-refractivity contribution in [2.45, 2.75) is 32.6 Å². The van der Waals surface area contributed by atoms with Gasteiger partial charge in [-0.3, -0.25) is 0 Å². The molecular weight excluding hydrogens is 285 g/mol. The highest BCUT2D eigenvalue weighted by atomic mass is 19.2. The van der Waals surface area contributed by atoms with E-state index in [-0.39, 0.29) is 5.82 Å². The van der Waals surface area contributed by atoms with Crippen molar-refractivity contribution in [2.24, 2.45) is 0 Å². The Hall–Kier alpha value is -2.03. The molecule has 0 atom stereocenters. The molecule has 0 aromatic heterocycles. The number of rotatable bonds is 6. The van der Waals surface area contributed by atoms with Crippen LogP contribution in [0.15, 0.2) is 42.5 Å². The van der Waals surface area contributed by atoms with Gasteiger partial charge in [-0.1, -0.05) is 43.7 Å². The van der Waals surface area contributed by atoms with E-state index in [9.17, 15) is 13.2 Å². The smallest absolute Gasteiger partial charge is 0.159 e. The Morgan fingerprint density at radius 1 is 0.864 bits per heavy atom. The largest absolute Gasteiger partial charge is 0.207 e. The van der Waals surface area contributed by atoms with Crippen molar-refractivity contribution in [3.63, 3.8) is 0 Å². The molecule has 116 valence electrons. The fourth-order valence-electron chi connectivity index (χ4n) is 2.23. The van der Waals surface area contributed by atoms with Crippen molar-refractivity contribution >= 4 is 6.08 Å². The van der Waals surface area contributed by atoms with Gasteiger partial charge in [-0.2, -0.15) is 0 Å². The van der Waals surface area contributed by atoms with E-state index in [1.165, 1.54) is 12.1 Å². The molecule has 0 fully saturated rings. The molecule has 0 N–H and O–H groups in total. The van der Waals surface area contributed by atoms with Crippen LogP contribution in [-0.4, -0.2) is 0 Å². The average Bonchev–Trinajstić information content (AvgIpc) is 2.50. The van der Waals surface area contributed by atoms with Crippen LogP contribution in [0.5, 0.6) is 0 Å². The van der Waals surface area contributed by atoms with Gasteiger partial charge in [0.25, 0.3) is 0 Å². The van der Waals surface area contributed by atoms with Crippen LogP contribution in [-0.2, 0) is 12.8 Å². The average molecular weight is 304 g/mol. The van der Waals surface area contributed by atoms with E-state index in [2.05, 4.69) is 6.92 Å². The van der Waals surface area contributed by atoms with Gasteiger partial charge < -0.3 is 0 Å². The van der Waals surface area contributed by atoms with E-state index in [1.807, 2.05) is 18.2 Å². The molecule has 22 heavy (non-hydrogen) atoms. The Morgan fingerprint density at radius 3 is 2.36 bits per heavy atom. The molecule has 0 spiro atoms. The molecule has 2 rings (SSSR count). The van der Waals surface area contributed by atoms with Gasteiger partial charge in [0.15, 0.2) is 11.6 Å². The minimum absolute atomic E-state index is 0.263. The molecule has 3 heteroatoms. The lowest BCUT2D eigenvalue weighted by Gasteiger charge is -2.05. The minimum Gasteiger partial charge on any atom is -0.207 e. The zero-order valence-electron chi connectivity index (χ0n) is 12.6. The van der Waals surface area contributed by atoms with Crippen LogP contribution >= 0.6 is 0 Å². The summed E-state index contributed by atoms with van der Waals surface area (Å²) in [6.07, 6.45) is 6.89. The van der Waals surface area contributed by atoms with Crippen LogP contribution in [0.3, 0.4) is 0 Å². The maximum absolute atomic E-state index is 14.0. The van der Waals surface area contributed by atoms with Crippen molar-refractivity contribution in [3.05, 3.63) is 76.6 Å². The Labute approximate surface area is 129 Å². The second-order valence-corrected chi connectivity index (χ2v) is 5.29. The molecule has 0 amide bonds. The number of hydrogen-bond donors (Lipinski definition) is 0.